The van der Waals surface area contributed by atoms with Crippen LogP contribution in [-0.4, -0.2) is 25.1 Å². The van der Waals surface area contributed by atoms with Gasteiger partial charge in [-0.3, -0.25) is 4.90 Å². The third-order valence-corrected chi connectivity index (χ3v) is 3.58. The quantitative estimate of drug-likeness (QED) is 0.764. The van der Waals surface area contributed by atoms with Crippen molar-refractivity contribution in [1.82, 2.24) is 4.90 Å². The van der Waals surface area contributed by atoms with Crippen LogP contribution >= 0.6 is 15.9 Å². The molecule has 1 rings (SSSR count). The first-order valence-corrected chi connectivity index (χ1v) is 7.27. The second-order valence-electron chi connectivity index (χ2n) is 4.99. The molecule has 0 unspecified atom stereocenters. The lowest BCUT2D eigenvalue weighted by atomic mass is 10.1. The molecule has 0 aromatic heterocycles. The lowest BCUT2D eigenvalue weighted by molar-refractivity contribution is 0.240. The highest BCUT2D eigenvalue weighted by atomic mass is 79.9. The van der Waals surface area contributed by atoms with E-state index in [0.717, 1.165) is 29.9 Å². The monoisotopic (exact) mass is 324 g/mol. The standard InChI is InChI=1S/C15H21BrN2O/c1-12(2)10-18(8-4-7-17)11-13-9-14(19-3)5-6-15(13)16/h5-6,9,12H,4,8,10-11H2,1-3H3. The van der Waals surface area contributed by atoms with E-state index >= 15 is 0 Å². The molecule has 0 atom stereocenters. The molecule has 0 heterocycles. The zero-order valence-electron chi connectivity index (χ0n) is 11.8. The Morgan fingerprint density at radius 2 is 2.16 bits per heavy atom. The summed E-state index contributed by atoms with van der Waals surface area (Å²) in [6, 6.07) is 8.21. The summed E-state index contributed by atoms with van der Waals surface area (Å²) >= 11 is 3.58. The van der Waals surface area contributed by atoms with Gasteiger partial charge in [-0.2, -0.15) is 5.26 Å². The zero-order chi connectivity index (χ0) is 14.3. The van der Waals surface area contributed by atoms with E-state index in [4.69, 9.17) is 10.00 Å². The van der Waals surface area contributed by atoms with Crippen LogP contribution in [0.1, 0.15) is 25.8 Å². The number of halogens is 1. The van der Waals surface area contributed by atoms with Crippen molar-refractivity contribution in [1.29, 1.82) is 5.26 Å². The minimum atomic E-state index is 0.564. The maximum Gasteiger partial charge on any atom is 0.119 e. The Labute approximate surface area is 124 Å². The number of nitriles is 1. The summed E-state index contributed by atoms with van der Waals surface area (Å²) < 4.78 is 6.34. The Bertz CT molecular complexity index is 440. The number of ether oxygens (including phenoxy) is 1. The van der Waals surface area contributed by atoms with Crippen molar-refractivity contribution >= 4 is 15.9 Å². The number of hydrogen-bond acceptors (Lipinski definition) is 3. The molecule has 0 bridgehead atoms. The van der Waals surface area contributed by atoms with E-state index in [2.05, 4.69) is 40.7 Å². The highest BCUT2D eigenvalue weighted by molar-refractivity contribution is 9.10. The Kier molecular flexibility index (Phi) is 6.90. The van der Waals surface area contributed by atoms with Gasteiger partial charge in [-0.05, 0) is 29.7 Å². The molecular weight excluding hydrogens is 304 g/mol. The fourth-order valence-corrected chi connectivity index (χ4v) is 2.37. The molecule has 0 aliphatic carbocycles. The summed E-state index contributed by atoms with van der Waals surface area (Å²) in [7, 11) is 1.68. The third-order valence-electron chi connectivity index (χ3n) is 2.81. The summed E-state index contributed by atoms with van der Waals surface area (Å²) in [5.41, 5.74) is 1.19. The second kappa shape index (κ2) is 8.19. The summed E-state index contributed by atoms with van der Waals surface area (Å²) in [6.07, 6.45) is 0.564. The fraction of sp³-hybridized carbons (Fsp3) is 0.533. The molecule has 3 nitrogen and oxygen atoms in total. The van der Waals surface area contributed by atoms with Crippen molar-refractivity contribution in [3.05, 3.63) is 28.2 Å². The molecular formula is C15H21BrN2O. The van der Waals surface area contributed by atoms with Gasteiger partial charge >= 0.3 is 0 Å². The van der Waals surface area contributed by atoms with E-state index < -0.39 is 0 Å². The van der Waals surface area contributed by atoms with Crippen LogP contribution < -0.4 is 4.74 Å². The van der Waals surface area contributed by atoms with Gasteiger partial charge in [0.25, 0.3) is 0 Å². The van der Waals surface area contributed by atoms with Gasteiger partial charge in [0.05, 0.1) is 13.2 Å². The third kappa shape index (κ3) is 5.63. The van der Waals surface area contributed by atoms with E-state index in [9.17, 15) is 0 Å². The SMILES string of the molecule is COc1ccc(Br)c(CN(CCC#N)CC(C)C)c1. The van der Waals surface area contributed by atoms with Gasteiger partial charge in [-0.1, -0.05) is 29.8 Å². The number of rotatable bonds is 7. The number of hydrogen-bond donors (Lipinski definition) is 0. The lowest BCUT2D eigenvalue weighted by Crippen LogP contribution is -2.28. The minimum Gasteiger partial charge on any atom is -0.497 e. The van der Waals surface area contributed by atoms with Crippen LogP contribution in [0.3, 0.4) is 0 Å². The molecule has 0 spiro atoms. The van der Waals surface area contributed by atoms with E-state index in [1.54, 1.807) is 7.11 Å². The van der Waals surface area contributed by atoms with E-state index in [1.165, 1.54) is 5.56 Å². The average Bonchev–Trinajstić information content (AvgIpc) is 2.37. The van der Waals surface area contributed by atoms with Gasteiger partial charge in [0.1, 0.15) is 5.75 Å². The summed E-state index contributed by atoms with van der Waals surface area (Å²) in [5.74, 6) is 1.45. The normalized spacial score (nSPS) is 10.8. The van der Waals surface area contributed by atoms with Crippen molar-refractivity contribution in [2.45, 2.75) is 26.8 Å². The zero-order valence-corrected chi connectivity index (χ0v) is 13.4. The largest absolute Gasteiger partial charge is 0.497 e. The molecule has 0 radical (unpaired) electrons. The highest BCUT2D eigenvalue weighted by Crippen LogP contribution is 2.24. The van der Waals surface area contributed by atoms with Crippen molar-refractivity contribution in [3.63, 3.8) is 0 Å². The maximum atomic E-state index is 8.75. The number of methoxy groups -OCH3 is 1. The molecule has 1 aromatic rings. The van der Waals surface area contributed by atoms with Crippen LogP contribution in [-0.2, 0) is 6.54 Å². The Morgan fingerprint density at radius 3 is 2.74 bits per heavy atom. The minimum absolute atomic E-state index is 0.564. The van der Waals surface area contributed by atoms with E-state index in [0.29, 0.717) is 12.3 Å². The van der Waals surface area contributed by atoms with E-state index in [-0.39, 0.29) is 0 Å². The summed E-state index contributed by atoms with van der Waals surface area (Å²) in [6.45, 7) is 7.02. The Morgan fingerprint density at radius 1 is 1.42 bits per heavy atom. The predicted octanol–water partition coefficient (Wildman–Crippen LogP) is 3.83. The van der Waals surface area contributed by atoms with Gasteiger partial charge in [0.15, 0.2) is 0 Å². The van der Waals surface area contributed by atoms with Gasteiger partial charge in [0, 0.05) is 30.5 Å². The van der Waals surface area contributed by atoms with Crippen LogP contribution in [0.15, 0.2) is 22.7 Å². The first kappa shape index (κ1) is 16.0. The highest BCUT2D eigenvalue weighted by Gasteiger charge is 2.11. The van der Waals surface area contributed by atoms with Crippen LogP contribution in [0.2, 0.25) is 0 Å². The predicted molar refractivity (Wildman–Crippen MR) is 81.0 cm³/mol. The first-order valence-electron chi connectivity index (χ1n) is 6.48. The first-order chi connectivity index (χ1) is 9.06. The van der Waals surface area contributed by atoms with Gasteiger partial charge in [-0.25, -0.2) is 0 Å². The summed E-state index contributed by atoms with van der Waals surface area (Å²) in [5, 5.41) is 8.75. The average molecular weight is 325 g/mol. The topological polar surface area (TPSA) is 36.3 Å². The smallest absolute Gasteiger partial charge is 0.119 e. The van der Waals surface area contributed by atoms with Crippen LogP contribution in [0.25, 0.3) is 0 Å². The van der Waals surface area contributed by atoms with Crippen molar-refractivity contribution in [3.8, 4) is 11.8 Å². The van der Waals surface area contributed by atoms with Crippen molar-refractivity contribution < 1.29 is 4.74 Å². The van der Waals surface area contributed by atoms with E-state index in [1.807, 2.05) is 18.2 Å². The van der Waals surface area contributed by atoms with Crippen LogP contribution in [0.4, 0.5) is 0 Å². The number of benzene rings is 1. The van der Waals surface area contributed by atoms with Gasteiger partial charge < -0.3 is 4.74 Å². The molecule has 104 valence electrons. The van der Waals surface area contributed by atoms with Crippen molar-refractivity contribution in [2.75, 3.05) is 20.2 Å². The molecule has 19 heavy (non-hydrogen) atoms. The van der Waals surface area contributed by atoms with Crippen molar-refractivity contribution in [2.24, 2.45) is 5.92 Å². The molecule has 0 fully saturated rings. The molecule has 0 aliphatic heterocycles. The van der Waals surface area contributed by atoms with Crippen LogP contribution in [0, 0.1) is 17.2 Å². The number of nitrogens with zero attached hydrogens (tertiary/aromatic N) is 2. The Balaban J connectivity index is 2.79. The molecule has 0 saturated carbocycles. The van der Waals surface area contributed by atoms with Gasteiger partial charge in [-0.15, -0.1) is 0 Å². The molecule has 0 N–H and O–H groups in total. The fourth-order valence-electron chi connectivity index (χ4n) is 2.00. The molecule has 0 aliphatic rings. The second-order valence-corrected chi connectivity index (χ2v) is 5.85. The molecule has 0 saturated heterocycles. The molecule has 4 heteroatoms. The van der Waals surface area contributed by atoms with Crippen LogP contribution in [0.5, 0.6) is 5.75 Å². The molecule has 0 amide bonds. The van der Waals surface area contributed by atoms with Gasteiger partial charge in [0.2, 0.25) is 0 Å². The lowest BCUT2D eigenvalue weighted by Gasteiger charge is -2.24. The molecule has 1 aromatic carbocycles. The maximum absolute atomic E-state index is 8.75. The Hall–Kier alpha value is -1.05. The summed E-state index contributed by atoms with van der Waals surface area (Å²) in [4.78, 5) is 2.31.